The number of nitrogens with one attached hydrogen (secondary N) is 2. The number of pyridine rings is 3. The lowest BCUT2D eigenvalue weighted by Gasteiger charge is -2.33. The maximum absolute atomic E-state index is 13.7. The van der Waals surface area contributed by atoms with Crippen molar-refractivity contribution in [3.05, 3.63) is 58.4 Å². The molecule has 0 aliphatic carbocycles. The van der Waals surface area contributed by atoms with Crippen molar-refractivity contribution in [3.8, 4) is 5.75 Å². The molecule has 0 unspecified atom stereocenters. The molecule has 5 heterocycles. The Balaban J connectivity index is 1.14. The number of nitrogens with zero attached hydrogens (tertiary/aromatic N) is 4. The van der Waals surface area contributed by atoms with Gasteiger partial charge in [-0.25, -0.2) is 9.37 Å². The molecule has 2 aliphatic rings. The lowest BCUT2D eigenvalue weighted by Crippen LogP contribution is -2.47. The van der Waals surface area contributed by atoms with E-state index in [-0.39, 0.29) is 24.2 Å². The van der Waals surface area contributed by atoms with E-state index >= 15 is 0 Å². The minimum absolute atomic E-state index is 0.00467. The fraction of sp³-hybridized carbons (Fsp3) is 0.391. The van der Waals surface area contributed by atoms with Gasteiger partial charge in [0.1, 0.15) is 5.82 Å². The Labute approximate surface area is 194 Å². The summed E-state index contributed by atoms with van der Waals surface area (Å²) in [5, 5.41) is 6.06. The van der Waals surface area contributed by atoms with Gasteiger partial charge in [0.2, 0.25) is 0 Å². The number of amides is 1. The third-order valence-corrected chi connectivity index (χ3v) is 5.88. The molecule has 1 atom stereocenters. The quantitative estimate of drug-likeness (QED) is 0.523. The van der Waals surface area contributed by atoms with Crippen molar-refractivity contribution in [2.24, 2.45) is 0 Å². The second-order valence-electron chi connectivity index (χ2n) is 8.29. The average Bonchev–Trinajstić information content (AvgIpc) is 2.83. The second-order valence-corrected chi connectivity index (χ2v) is 8.29. The van der Waals surface area contributed by atoms with Crippen LogP contribution in [0, 0.1) is 5.82 Å². The number of hydrogen-bond donors (Lipinski definition) is 2. The molecule has 1 saturated heterocycles. The van der Waals surface area contributed by atoms with Gasteiger partial charge in [-0.15, -0.1) is 0 Å². The summed E-state index contributed by atoms with van der Waals surface area (Å²) in [5.74, 6) is 0.327. The van der Waals surface area contributed by atoms with E-state index < -0.39 is 5.82 Å². The first kappa shape index (κ1) is 22.4. The van der Waals surface area contributed by atoms with Crippen molar-refractivity contribution in [2.45, 2.75) is 19.2 Å². The van der Waals surface area contributed by atoms with Gasteiger partial charge in [0, 0.05) is 51.4 Å². The Hall–Kier alpha value is -3.41. The molecule has 0 spiro atoms. The molecule has 11 heteroatoms. The summed E-state index contributed by atoms with van der Waals surface area (Å²) in [4.78, 5) is 34.6. The Morgan fingerprint density at radius 3 is 3.03 bits per heavy atom. The number of carbonyl (C=O) groups is 1. The molecule has 10 nitrogen and oxygen atoms in total. The van der Waals surface area contributed by atoms with Crippen LogP contribution in [0.2, 0.25) is 0 Å². The van der Waals surface area contributed by atoms with Crippen LogP contribution in [-0.2, 0) is 22.6 Å². The highest BCUT2D eigenvalue weighted by Gasteiger charge is 2.21. The Morgan fingerprint density at radius 1 is 1.21 bits per heavy atom. The van der Waals surface area contributed by atoms with Crippen LogP contribution in [0.3, 0.4) is 0 Å². The molecule has 3 aromatic heterocycles. The van der Waals surface area contributed by atoms with Crippen LogP contribution < -0.4 is 20.9 Å². The summed E-state index contributed by atoms with van der Waals surface area (Å²) < 4.78 is 26.5. The topological polar surface area (TPSA) is 111 Å². The van der Waals surface area contributed by atoms with E-state index in [0.29, 0.717) is 61.9 Å². The molecule has 0 saturated carbocycles. The van der Waals surface area contributed by atoms with Crippen LogP contribution in [0.25, 0.3) is 11.0 Å². The number of ether oxygens (including phenoxy) is 2. The Morgan fingerprint density at radius 2 is 2.12 bits per heavy atom. The third kappa shape index (κ3) is 5.06. The number of anilines is 1. The van der Waals surface area contributed by atoms with Crippen molar-refractivity contribution >= 4 is 22.8 Å². The maximum atomic E-state index is 13.7. The number of hydrogen-bond acceptors (Lipinski definition) is 8. The van der Waals surface area contributed by atoms with E-state index in [1.54, 1.807) is 16.7 Å². The second kappa shape index (κ2) is 9.84. The zero-order valence-electron chi connectivity index (χ0n) is 18.5. The highest BCUT2D eigenvalue weighted by Crippen LogP contribution is 2.25. The number of halogens is 1. The molecule has 178 valence electrons. The van der Waals surface area contributed by atoms with Crippen molar-refractivity contribution in [2.75, 3.05) is 44.7 Å². The van der Waals surface area contributed by atoms with Gasteiger partial charge in [-0.1, -0.05) is 0 Å². The predicted octanol–water partition coefficient (Wildman–Crippen LogP) is 0.752. The van der Waals surface area contributed by atoms with Crippen molar-refractivity contribution in [1.29, 1.82) is 0 Å². The van der Waals surface area contributed by atoms with Crippen LogP contribution >= 0.6 is 0 Å². The summed E-state index contributed by atoms with van der Waals surface area (Å²) in [7, 11) is 0. The molecule has 34 heavy (non-hydrogen) atoms. The fourth-order valence-electron chi connectivity index (χ4n) is 4.19. The highest BCUT2D eigenvalue weighted by molar-refractivity contribution is 5.94. The third-order valence-electron chi connectivity index (χ3n) is 5.88. The average molecular weight is 468 g/mol. The smallest absolute Gasteiger partial charge is 0.263 e. The van der Waals surface area contributed by atoms with E-state index in [1.165, 1.54) is 12.1 Å². The fourth-order valence-corrected chi connectivity index (χ4v) is 4.19. The van der Waals surface area contributed by atoms with Crippen LogP contribution in [0.5, 0.6) is 5.75 Å². The van der Waals surface area contributed by atoms with E-state index in [4.69, 9.17) is 9.47 Å². The van der Waals surface area contributed by atoms with Crippen LogP contribution in [-0.4, -0.2) is 70.8 Å². The van der Waals surface area contributed by atoms with Gasteiger partial charge in [-0.05, 0) is 18.2 Å². The molecular weight excluding hydrogens is 443 g/mol. The van der Waals surface area contributed by atoms with Crippen molar-refractivity contribution < 1.29 is 18.7 Å². The molecule has 0 bridgehead atoms. The predicted molar refractivity (Wildman–Crippen MR) is 122 cm³/mol. The van der Waals surface area contributed by atoms with E-state index in [0.717, 1.165) is 18.4 Å². The zero-order valence-corrected chi connectivity index (χ0v) is 18.5. The molecule has 3 aromatic rings. The van der Waals surface area contributed by atoms with Gasteiger partial charge in [-0.3, -0.25) is 19.5 Å². The monoisotopic (exact) mass is 468 g/mol. The number of morpholine rings is 1. The lowest BCUT2D eigenvalue weighted by atomic mass is 10.2. The minimum Gasteiger partial charge on any atom is -0.480 e. The molecule has 1 fully saturated rings. The van der Waals surface area contributed by atoms with E-state index in [9.17, 15) is 14.0 Å². The largest absolute Gasteiger partial charge is 0.480 e. The van der Waals surface area contributed by atoms with E-state index in [2.05, 4.69) is 25.5 Å². The number of fused-ring (bicyclic) bond motifs is 2. The maximum Gasteiger partial charge on any atom is 0.263 e. The van der Waals surface area contributed by atoms with Gasteiger partial charge >= 0.3 is 0 Å². The molecule has 0 radical (unpaired) electrons. The van der Waals surface area contributed by atoms with Crippen LogP contribution in [0.1, 0.15) is 5.69 Å². The molecule has 1 amide bonds. The van der Waals surface area contributed by atoms with Crippen LogP contribution in [0.15, 0.2) is 41.3 Å². The molecule has 0 aromatic carbocycles. The molecular formula is C23H25FN6O4. The first-order valence-electron chi connectivity index (χ1n) is 11.2. The van der Waals surface area contributed by atoms with Gasteiger partial charge in [-0.2, -0.15) is 0 Å². The van der Waals surface area contributed by atoms with Crippen molar-refractivity contribution in [3.63, 3.8) is 0 Å². The summed E-state index contributed by atoms with van der Waals surface area (Å²) in [5.41, 5.74) is 1.70. The summed E-state index contributed by atoms with van der Waals surface area (Å²) in [6, 6.07) is 8.08. The van der Waals surface area contributed by atoms with Gasteiger partial charge in [0.25, 0.3) is 11.5 Å². The summed E-state index contributed by atoms with van der Waals surface area (Å²) >= 11 is 0. The molecule has 5 rings (SSSR count). The number of carbonyl (C=O) groups excluding carboxylic acids is 1. The zero-order chi connectivity index (χ0) is 23.5. The number of rotatable bonds is 7. The summed E-state index contributed by atoms with van der Waals surface area (Å²) in [6.45, 7) is 4.29. The van der Waals surface area contributed by atoms with Crippen LogP contribution in [0.4, 0.5) is 10.2 Å². The first-order chi connectivity index (χ1) is 16.5. The Kier molecular flexibility index (Phi) is 6.48. The number of aromatic nitrogens is 3. The van der Waals surface area contributed by atoms with Crippen molar-refractivity contribution in [1.82, 2.24) is 24.8 Å². The molecule has 2 aliphatic heterocycles. The minimum atomic E-state index is -0.465. The molecule has 2 N–H and O–H groups in total. The SMILES string of the molecule is O=C1COc2ccc(CNC[C@H]3CN(CCn4c(=O)ccc5ncc(F)cc54)CCO3)nc2N1. The normalized spacial score (nSPS) is 18.4. The Bertz CT molecular complexity index is 1270. The highest BCUT2D eigenvalue weighted by atomic mass is 19.1. The van der Waals surface area contributed by atoms with E-state index in [1.807, 2.05) is 6.07 Å². The lowest BCUT2D eigenvalue weighted by molar-refractivity contribution is -0.118. The summed E-state index contributed by atoms with van der Waals surface area (Å²) in [6.07, 6.45) is 1.14. The first-order valence-corrected chi connectivity index (χ1v) is 11.2. The standard InChI is InChI=1S/C23H25FN6O4/c24-15-9-19-18(26-10-15)2-4-22(32)30(19)6-5-29-7-8-33-17(13-29)12-25-11-16-1-3-20-23(27-16)28-21(31)14-34-20/h1-4,9-10,17,25H,5-8,11-14H2,(H,27,28,31)/t17-/m0/s1. The van der Waals surface area contributed by atoms with Gasteiger partial charge in [0.15, 0.2) is 18.2 Å². The van der Waals surface area contributed by atoms with Gasteiger partial charge < -0.3 is 24.7 Å². The van der Waals surface area contributed by atoms with Gasteiger partial charge in [0.05, 0.1) is 35.6 Å².